The van der Waals surface area contributed by atoms with Crippen LogP contribution >= 0.6 is 11.8 Å². The first-order valence-electron chi connectivity index (χ1n) is 11.3. The number of carbonyl (C=O) groups is 3. The lowest BCUT2D eigenvalue weighted by atomic mass is 10.2. The predicted molar refractivity (Wildman–Crippen MR) is 136 cm³/mol. The lowest BCUT2D eigenvalue weighted by Crippen LogP contribution is -2.36. The number of anilines is 1. The van der Waals surface area contributed by atoms with Crippen LogP contribution in [0, 0.1) is 0 Å². The molecule has 11 heteroatoms. The number of rotatable bonds is 11. The maximum absolute atomic E-state index is 12.4. The van der Waals surface area contributed by atoms with Gasteiger partial charge in [-0.05, 0) is 55.3 Å². The third-order valence-electron chi connectivity index (χ3n) is 5.28. The predicted octanol–water partition coefficient (Wildman–Crippen LogP) is 2.98. The third-order valence-corrected chi connectivity index (χ3v) is 6.30. The summed E-state index contributed by atoms with van der Waals surface area (Å²) in [5, 5.41) is 14.3. The topological polar surface area (TPSA) is 124 Å². The van der Waals surface area contributed by atoms with Crippen molar-refractivity contribution in [2.45, 2.75) is 38.1 Å². The van der Waals surface area contributed by atoms with Gasteiger partial charge in [0.15, 0.2) is 17.1 Å². The summed E-state index contributed by atoms with van der Waals surface area (Å²) >= 11 is 1.22. The van der Waals surface area contributed by atoms with Gasteiger partial charge < -0.3 is 24.7 Å². The standard InChI is InChI=1S/C25H29N5O5S/c1-5-17-6-12-20(13-7-17)35-16(2)23(32)26-14-21-28-29-25(30(21)3)36-15-22(31)27-19-10-8-18(9-11-19)24(33)34-4/h6-13,16H,5,14-15H2,1-4H3,(H,26,32)(H,27,31)/t16-/m0/s1. The summed E-state index contributed by atoms with van der Waals surface area (Å²) in [7, 11) is 3.08. The number of ether oxygens (including phenoxy) is 2. The van der Waals surface area contributed by atoms with E-state index in [0.717, 1.165) is 6.42 Å². The Hall–Kier alpha value is -3.86. The largest absolute Gasteiger partial charge is 0.481 e. The number of thioether (sulfide) groups is 1. The molecule has 1 atom stereocenters. The lowest BCUT2D eigenvalue weighted by Gasteiger charge is -2.15. The van der Waals surface area contributed by atoms with Gasteiger partial charge in [-0.25, -0.2) is 4.79 Å². The molecule has 0 unspecified atom stereocenters. The van der Waals surface area contributed by atoms with Crippen LogP contribution in [0.4, 0.5) is 5.69 Å². The first kappa shape index (κ1) is 26.7. The van der Waals surface area contributed by atoms with Crippen molar-refractivity contribution >= 4 is 35.2 Å². The normalized spacial score (nSPS) is 11.4. The zero-order valence-electron chi connectivity index (χ0n) is 20.6. The second-order valence-corrected chi connectivity index (χ2v) is 8.78. The molecule has 0 aliphatic heterocycles. The number of esters is 1. The minimum atomic E-state index is -0.676. The number of aryl methyl sites for hydroxylation is 1. The van der Waals surface area contributed by atoms with Gasteiger partial charge in [0.05, 0.1) is 25.0 Å². The Morgan fingerprint density at radius 3 is 2.39 bits per heavy atom. The molecule has 0 fully saturated rings. The Balaban J connectivity index is 1.45. The fourth-order valence-corrected chi connectivity index (χ4v) is 3.86. The highest BCUT2D eigenvalue weighted by molar-refractivity contribution is 7.99. The summed E-state index contributed by atoms with van der Waals surface area (Å²) in [6.07, 6.45) is 0.260. The summed E-state index contributed by atoms with van der Waals surface area (Å²) in [6, 6.07) is 14.0. The Labute approximate surface area is 213 Å². The number of hydrogen-bond acceptors (Lipinski definition) is 8. The summed E-state index contributed by atoms with van der Waals surface area (Å²) in [4.78, 5) is 36.2. The summed E-state index contributed by atoms with van der Waals surface area (Å²) < 4.78 is 12.1. The molecule has 36 heavy (non-hydrogen) atoms. The number of nitrogens with zero attached hydrogens (tertiary/aromatic N) is 3. The molecule has 0 spiro atoms. The number of aromatic nitrogens is 3. The Bertz CT molecular complexity index is 1190. The zero-order chi connectivity index (χ0) is 26.1. The Kier molecular flexibility index (Phi) is 9.46. The first-order chi connectivity index (χ1) is 17.3. The SMILES string of the molecule is CCc1ccc(O[C@@H](C)C(=O)NCc2nnc(SCC(=O)Nc3ccc(C(=O)OC)cc3)n2C)cc1. The molecule has 10 nitrogen and oxygen atoms in total. The minimum absolute atomic E-state index is 0.110. The van der Waals surface area contributed by atoms with E-state index in [9.17, 15) is 14.4 Å². The molecule has 0 radical (unpaired) electrons. The maximum atomic E-state index is 12.4. The van der Waals surface area contributed by atoms with E-state index in [-0.39, 0.29) is 24.1 Å². The van der Waals surface area contributed by atoms with Gasteiger partial charge in [-0.3, -0.25) is 9.59 Å². The monoisotopic (exact) mass is 511 g/mol. The molecule has 3 aromatic rings. The van der Waals surface area contributed by atoms with E-state index in [2.05, 4.69) is 32.5 Å². The van der Waals surface area contributed by atoms with Crippen molar-refractivity contribution < 1.29 is 23.9 Å². The van der Waals surface area contributed by atoms with Crippen molar-refractivity contribution in [2.75, 3.05) is 18.2 Å². The number of benzene rings is 2. The van der Waals surface area contributed by atoms with Gasteiger partial charge in [-0.1, -0.05) is 30.8 Å². The first-order valence-corrected chi connectivity index (χ1v) is 12.3. The highest BCUT2D eigenvalue weighted by Crippen LogP contribution is 2.18. The average Bonchev–Trinajstić information content (AvgIpc) is 3.25. The molecule has 0 aliphatic rings. The van der Waals surface area contributed by atoms with Gasteiger partial charge in [0.2, 0.25) is 5.91 Å². The highest BCUT2D eigenvalue weighted by Gasteiger charge is 2.17. The van der Waals surface area contributed by atoms with E-state index in [1.54, 1.807) is 42.8 Å². The molecule has 2 N–H and O–H groups in total. The van der Waals surface area contributed by atoms with Crippen LogP contribution in [0.2, 0.25) is 0 Å². The van der Waals surface area contributed by atoms with Crippen LogP contribution < -0.4 is 15.4 Å². The zero-order valence-corrected chi connectivity index (χ0v) is 21.4. The van der Waals surface area contributed by atoms with E-state index < -0.39 is 12.1 Å². The fourth-order valence-electron chi connectivity index (χ4n) is 3.13. The van der Waals surface area contributed by atoms with Crippen molar-refractivity contribution in [1.82, 2.24) is 20.1 Å². The van der Waals surface area contributed by atoms with Crippen molar-refractivity contribution in [1.29, 1.82) is 0 Å². The lowest BCUT2D eigenvalue weighted by molar-refractivity contribution is -0.127. The second kappa shape index (κ2) is 12.7. The van der Waals surface area contributed by atoms with Crippen LogP contribution in [0.1, 0.15) is 35.6 Å². The van der Waals surface area contributed by atoms with Gasteiger partial charge >= 0.3 is 5.97 Å². The average molecular weight is 512 g/mol. The number of nitrogens with one attached hydrogen (secondary N) is 2. The maximum Gasteiger partial charge on any atom is 0.337 e. The van der Waals surface area contributed by atoms with E-state index >= 15 is 0 Å². The second-order valence-electron chi connectivity index (χ2n) is 7.84. The molecular formula is C25H29N5O5S. The summed E-state index contributed by atoms with van der Waals surface area (Å²) in [5.74, 6) is 0.333. The summed E-state index contributed by atoms with van der Waals surface area (Å²) in [6.45, 7) is 3.93. The quantitative estimate of drug-likeness (QED) is 0.297. The van der Waals surface area contributed by atoms with Gasteiger partial charge in [-0.15, -0.1) is 10.2 Å². The van der Waals surface area contributed by atoms with Gasteiger partial charge in [-0.2, -0.15) is 0 Å². The molecule has 2 aromatic carbocycles. The van der Waals surface area contributed by atoms with Crippen molar-refractivity contribution in [2.24, 2.45) is 7.05 Å². The minimum Gasteiger partial charge on any atom is -0.481 e. The Morgan fingerprint density at radius 2 is 1.75 bits per heavy atom. The smallest absolute Gasteiger partial charge is 0.337 e. The van der Waals surface area contributed by atoms with Gasteiger partial charge in [0.1, 0.15) is 5.75 Å². The molecule has 190 valence electrons. The molecule has 0 bridgehead atoms. The molecule has 0 saturated carbocycles. The number of methoxy groups -OCH3 is 1. The van der Waals surface area contributed by atoms with Crippen LogP contribution in [0.3, 0.4) is 0 Å². The van der Waals surface area contributed by atoms with Crippen LogP contribution in [0.25, 0.3) is 0 Å². The van der Waals surface area contributed by atoms with Crippen molar-refractivity contribution in [3.63, 3.8) is 0 Å². The Morgan fingerprint density at radius 1 is 1.06 bits per heavy atom. The van der Waals surface area contributed by atoms with Crippen molar-refractivity contribution in [3.8, 4) is 5.75 Å². The third kappa shape index (κ3) is 7.32. The number of hydrogen-bond donors (Lipinski definition) is 2. The molecular weight excluding hydrogens is 482 g/mol. The fraction of sp³-hybridized carbons (Fsp3) is 0.320. The molecule has 3 rings (SSSR count). The number of carbonyl (C=O) groups excluding carboxylic acids is 3. The molecule has 0 saturated heterocycles. The summed E-state index contributed by atoms with van der Waals surface area (Å²) in [5.41, 5.74) is 2.16. The van der Waals surface area contributed by atoms with Gasteiger partial charge in [0, 0.05) is 12.7 Å². The van der Waals surface area contributed by atoms with E-state index in [1.807, 2.05) is 24.3 Å². The van der Waals surface area contributed by atoms with E-state index in [4.69, 9.17) is 4.74 Å². The van der Waals surface area contributed by atoms with E-state index in [0.29, 0.717) is 28.0 Å². The van der Waals surface area contributed by atoms with Crippen molar-refractivity contribution in [3.05, 3.63) is 65.5 Å². The van der Waals surface area contributed by atoms with E-state index in [1.165, 1.54) is 24.4 Å². The van der Waals surface area contributed by atoms with Crippen LogP contribution in [0.15, 0.2) is 53.7 Å². The van der Waals surface area contributed by atoms with Crippen LogP contribution in [0.5, 0.6) is 5.75 Å². The molecule has 1 heterocycles. The van der Waals surface area contributed by atoms with Gasteiger partial charge in [0.25, 0.3) is 5.91 Å². The number of amides is 2. The molecule has 2 amide bonds. The molecule has 0 aliphatic carbocycles. The van der Waals surface area contributed by atoms with Crippen LogP contribution in [-0.4, -0.2) is 51.5 Å². The molecule has 1 aromatic heterocycles. The van der Waals surface area contributed by atoms with Crippen LogP contribution in [-0.2, 0) is 34.3 Å². The highest BCUT2D eigenvalue weighted by atomic mass is 32.2.